The Morgan fingerprint density at radius 2 is 1.00 bits per heavy atom. The van der Waals surface area contributed by atoms with Gasteiger partial charge < -0.3 is 0 Å². The minimum atomic E-state index is -0.0281. The molecule has 0 fully saturated rings. The van der Waals surface area contributed by atoms with Crippen molar-refractivity contribution in [2.24, 2.45) is 0 Å². The van der Waals surface area contributed by atoms with Gasteiger partial charge in [0, 0.05) is 13.5 Å². The summed E-state index contributed by atoms with van der Waals surface area (Å²) in [4.78, 5) is 10.6. The molecule has 0 rings (SSSR count). The van der Waals surface area contributed by atoms with Crippen molar-refractivity contribution in [3.8, 4) is 0 Å². The Hall–Kier alpha value is -0.530. The first-order valence-corrected chi connectivity index (χ1v) is 8.95. The van der Waals surface area contributed by atoms with Crippen LogP contribution in [0.25, 0.3) is 0 Å². The van der Waals surface area contributed by atoms with E-state index in [1.165, 1.54) is 90.4 Å². The highest BCUT2D eigenvalue weighted by molar-refractivity contribution is 5.72. The lowest BCUT2D eigenvalue weighted by Crippen LogP contribution is -2.12. The fraction of sp³-hybridized carbons (Fsp3) is 0.944. The van der Waals surface area contributed by atoms with E-state index in [-0.39, 0.29) is 5.91 Å². The van der Waals surface area contributed by atoms with Crippen molar-refractivity contribution in [2.75, 3.05) is 6.54 Å². The van der Waals surface area contributed by atoms with Crippen molar-refractivity contribution in [1.82, 2.24) is 5.32 Å². The molecule has 0 N–H and O–H groups in total. The van der Waals surface area contributed by atoms with E-state index >= 15 is 0 Å². The van der Waals surface area contributed by atoms with Gasteiger partial charge in [-0.3, -0.25) is 10.1 Å². The van der Waals surface area contributed by atoms with Crippen molar-refractivity contribution >= 4 is 5.91 Å². The molecule has 0 aromatic rings. The normalized spacial score (nSPS) is 10.7. The van der Waals surface area contributed by atoms with Gasteiger partial charge in [-0.15, -0.1) is 0 Å². The topological polar surface area (TPSA) is 31.2 Å². The summed E-state index contributed by atoms with van der Waals surface area (Å²) in [7, 11) is 0. The zero-order valence-corrected chi connectivity index (χ0v) is 14.0. The molecule has 0 saturated carbocycles. The first-order valence-electron chi connectivity index (χ1n) is 8.95. The summed E-state index contributed by atoms with van der Waals surface area (Å²) in [5, 5.41) is 3.88. The predicted molar refractivity (Wildman–Crippen MR) is 88.0 cm³/mol. The van der Waals surface area contributed by atoms with E-state index in [1.807, 2.05) is 0 Å². The summed E-state index contributed by atoms with van der Waals surface area (Å²) in [5.41, 5.74) is 0. The highest BCUT2D eigenvalue weighted by Crippen LogP contribution is 2.12. The van der Waals surface area contributed by atoms with Gasteiger partial charge in [0.15, 0.2) is 0 Å². The zero-order valence-electron chi connectivity index (χ0n) is 14.0. The monoisotopic (exact) mass is 282 g/mol. The smallest absolute Gasteiger partial charge is 0.238 e. The largest absolute Gasteiger partial charge is 0.273 e. The van der Waals surface area contributed by atoms with E-state index in [9.17, 15) is 4.79 Å². The van der Waals surface area contributed by atoms with Crippen molar-refractivity contribution in [3.63, 3.8) is 0 Å². The van der Waals surface area contributed by atoms with E-state index in [0.29, 0.717) is 0 Å². The molecule has 20 heavy (non-hydrogen) atoms. The summed E-state index contributed by atoms with van der Waals surface area (Å²) < 4.78 is 0. The molecule has 0 spiro atoms. The quantitative estimate of drug-likeness (QED) is 0.359. The minimum absolute atomic E-state index is 0.0281. The second kappa shape index (κ2) is 16.5. The summed E-state index contributed by atoms with van der Waals surface area (Å²) in [6.07, 6.45) is 19.2. The maximum absolute atomic E-state index is 10.6. The number of nitrogens with zero attached hydrogens (tertiary/aromatic N) is 1. The maximum atomic E-state index is 10.6. The van der Waals surface area contributed by atoms with Crippen molar-refractivity contribution in [3.05, 3.63) is 0 Å². The van der Waals surface area contributed by atoms with E-state index in [4.69, 9.17) is 0 Å². The Balaban J connectivity index is 2.94. The maximum Gasteiger partial charge on any atom is 0.238 e. The number of carbonyl (C=O) groups excluding carboxylic acids is 1. The van der Waals surface area contributed by atoms with Gasteiger partial charge in [-0.05, 0) is 6.42 Å². The van der Waals surface area contributed by atoms with Gasteiger partial charge in [0.2, 0.25) is 5.91 Å². The number of rotatable bonds is 15. The third kappa shape index (κ3) is 17.5. The van der Waals surface area contributed by atoms with Gasteiger partial charge in [-0.25, -0.2) is 0 Å². The van der Waals surface area contributed by atoms with Crippen LogP contribution in [-0.4, -0.2) is 12.5 Å². The highest BCUT2D eigenvalue weighted by Gasteiger charge is 1.95. The van der Waals surface area contributed by atoms with Crippen LogP contribution >= 0.6 is 0 Å². The molecule has 0 bridgehead atoms. The van der Waals surface area contributed by atoms with Crippen LogP contribution < -0.4 is 5.32 Å². The van der Waals surface area contributed by atoms with Crippen LogP contribution in [0.2, 0.25) is 0 Å². The third-order valence-electron chi connectivity index (χ3n) is 3.85. The Labute approximate surface area is 127 Å². The fourth-order valence-corrected chi connectivity index (χ4v) is 2.54. The lowest BCUT2D eigenvalue weighted by atomic mass is 10.0. The zero-order chi connectivity index (χ0) is 14.9. The standard InChI is InChI=1S/C18H36NO/c1-3-4-5-6-7-8-9-10-11-12-13-14-15-16-17-19-18(2)20/h3-17H2,1-2H3. The van der Waals surface area contributed by atoms with Crippen LogP contribution in [0.4, 0.5) is 0 Å². The number of hydrogen-bond donors (Lipinski definition) is 0. The number of carbonyl (C=O) groups is 1. The van der Waals surface area contributed by atoms with E-state index in [2.05, 4.69) is 12.2 Å². The molecule has 1 radical (unpaired) electrons. The summed E-state index contributed by atoms with van der Waals surface area (Å²) in [6.45, 7) is 4.54. The van der Waals surface area contributed by atoms with E-state index in [0.717, 1.165) is 13.0 Å². The number of unbranched alkanes of at least 4 members (excludes halogenated alkanes) is 13. The molecule has 0 aliphatic rings. The summed E-state index contributed by atoms with van der Waals surface area (Å²) >= 11 is 0. The number of hydrogen-bond acceptors (Lipinski definition) is 1. The van der Waals surface area contributed by atoms with Gasteiger partial charge >= 0.3 is 0 Å². The minimum Gasteiger partial charge on any atom is -0.273 e. The van der Waals surface area contributed by atoms with Crippen molar-refractivity contribution < 1.29 is 4.79 Å². The summed E-state index contributed by atoms with van der Waals surface area (Å²) in [6, 6.07) is 0. The molecular formula is C18H36NO. The molecule has 0 heterocycles. The van der Waals surface area contributed by atoms with E-state index in [1.54, 1.807) is 0 Å². The fourth-order valence-electron chi connectivity index (χ4n) is 2.54. The number of amides is 1. The molecule has 2 nitrogen and oxygen atoms in total. The predicted octanol–water partition coefficient (Wildman–Crippen LogP) is 5.62. The lowest BCUT2D eigenvalue weighted by molar-refractivity contribution is -0.119. The molecule has 119 valence electrons. The third-order valence-corrected chi connectivity index (χ3v) is 3.85. The van der Waals surface area contributed by atoms with Gasteiger partial charge in [0.25, 0.3) is 0 Å². The van der Waals surface area contributed by atoms with Crippen LogP contribution in [0.15, 0.2) is 0 Å². The molecule has 0 atom stereocenters. The molecule has 0 unspecified atom stereocenters. The molecule has 0 saturated heterocycles. The lowest BCUT2D eigenvalue weighted by Gasteiger charge is -2.03. The Bertz CT molecular complexity index is 204. The molecule has 2 heteroatoms. The first-order chi connectivity index (χ1) is 9.77. The highest BCUT2D eigenvalue weighted by atomic mass is 16.1. The van der Waals surface area contributed by atoms with Crippen molar-refractivity contribution in [1.29, 1.82) is 0 Å². The second-order valence-corrected chi connectivity index (χ2v) is 6.00. The molecule has 0 aliphatic heterocycles. The van der Waals surface area contributed by atoms with E-state index < -0.39 is 0 Å². The van der Waals surface area contributed by atoms with Crippen molar-refractivity contribution in [2.45, 2.75) is 104 Å². The van der Waals surface area contributed by atoms with Crippen LogP contribution in [0.1, 0.15) is 104 Å². The molecule has 0 aliphatic carbocycles. The Morgan fingerprint density at radius 3 is 1.35 bits per heavy atom. The SMILES string of the molecule is CCCCCCCCCCCCCCCC[N]C(C)=O. The van der Waals surface area contributed by atoms with Crippen LogP contribution in [0.3, 0.4) is 0 Å². The molecule has 0 aromatic carbocycles. The van der Waals surface area contributed by atoms with Gasteiger partial charge in [-0.1, -0.05) is 90.4 Å². The first kappa shape index (κ1) is 19.5. The molecule has 0 aromatic heterocycles. The average Bonchev–Trinajstić information content (AvgIpc) is 2.43. The average molecular weight is 282 g/mol. The second-order valence-electron chi connectivity index (χ2n) is 6.00. The van der Waals surface area contributed by atoms with Crippen LogP contribution in [-0.2, 0) is 4.79 Å². The van der Waals surface area contributed by atoms with Gasteiger partial charge in [0.05, 0.1) is 0 Å². The van der Waals surface area contributed by atoms with Gasteiger partial charge in [-0.2, -0.15) is 0 Å². The summed E-state index contributed by atoms with van der Waals surface area (Å²) in [5.74, 6) is -0.0281. The molecule has 1 amide bonds. The van der Waals surface area contributed by atoms with Crippen LogP contribution in [0, 0.1) is 0 Å². The Morgan fingerprint density at radius 1 is 0.650 bits per heavy atom. The Kier molecular flexibility index (Phi) is 16.1. The van der Waals surface area contributed by atoms with Gasteiger partial charge in [0.1, 0.15) is 0 Å². The van der Waals surface area contributed by atoms with Crippen LogP contribution in [0.5, 0.6) is 0 Å². The molecular weight excluding hydrogens is 246 g/mol.